The zero-order valence-corrected chi connectivity index (χ0v) is 11.8. The molecule has 1 aromatic carbocycles. The second kappa shape index (κ2) is 4.74. The number of rotatable bonds is 3. The molecule has 1 aromatic rings. The van der Waals surface area contributed by atoms with Crippen molar-refractivity contribution in [3.8, 4) is 0 Å². The molecule has 2 aliphatic rings. The molecule has 0 atom stereocenters. The lowest BCUT2D eigenvalue weighted by atomic mass is 9.69. The van der Waals surface area contributed by atoms with E-state index < -0.39 is 0 Å². The molecule has 1 N–H and O–H groups in total. The SMILES string of the molecule is Brc1cccc(C2(CC3CCCC3)CNC2)c1. The van der Waals surface area contributed by atoms with Gasteiger partial charge in [-0.15, -0.1) is 0 Å². The number of nitrogens with one attached hydrogen (secondary N) is 1. The van der Waals surface area contributed by atoms with Crippen LogP contribution in [-0.2, 0) is 5.41 Å². The zero-order chi connectivity index (χ0) is 11.7. The predicted molar refractivity (Wildman–Crippen MR) is 75.3 cm³/mol. The summed E-state index contributed by atoms with van der Waals surface area (Å²) in [5, 5.41) is 3.48. The van der Waals surface area contributed by atoms with E-state index in [4.69, 9.17) is 0 Å². The van der Waals surface area contributed by atoms with E-state index in [1.165, 1.54) is 55.2 Å². The van der Waals surface area contributed by atoms with E-state index in [1.807, 2.05) is 0 Å². The summed E-state index contributed by atoms with van der Waals surface area (Å²) in [5.74, 6) is 0.969. The van der Waals surface area contributed by atoms with Gasteiger partial charge in [-0.05, 0) is 30.0 Å². The van der Waals surface area contributed by atoms with Gasteiger partial charge < -0.3 is 5.32 Å². The Balaban J connectivity index is 1.81. The minimum Gasteiger partial charge on any atom is -0.315 e. The lowest BCUT2D eigenvalue weighted by Crippen LogP contribution is -2.57. The average molecular weight is 294 g/mol. The van der Waals surface area contributed by atoms with Gasteiger partial charge in [0.1, 0.15) is 0 Å². The van der Waals surface area contributed by atoms with Crippen LogP contribution in [0.5, 0.6) is 0 Å². The summed E-state index contributed by atoms with van der Waals surface area (Å²) in [5.41, 5.74) is 1.95. The zero-order valence-electron chi connectivity index (χ0n) is 10.2. The van der Waals surface area contributed by atoms with E-state index in [0.29, 0.717) is 5.41 Å². The Kier molecular flexibility index (Phi) is 3.27. The van der Waals surface area contributed by atoms with Crippen molar-refractivity contribution in [2.75, 3.05) is 13.1 Å². The van der Waals surface area contributed by atoms with Crippen molar-refractivity contribution in [1.82, 2.24) is 5.32 Å². The maximum atomic E-state index is 3.60. The summed E-state index contributed by atoms with van der Waals surface area (Å²) >= 11 is 3.60. The molecule has 0 radical (unpaired) electrons. The molecule has 2 heteroatoms. The first-order valence-corrected chi connectivity index (χ1v) is 7.55. The van der Waals surface area contributed by atoms with Gasteiger partial charge in [-0.1, -0.05) is 53.7 Å². The number of hydrogen-bond acceptors (Lipinski definition) is 1. The fourth-order valence-corrected chi connectivity index (χ4v) is 3.88. The molecule has 3 rings (SSSR count). The van der Waals surface area contributed by atoms with Gasteiger partial charge in [0.05, 0.1) is 0 Å². The minimum absolute atomic E-state index is 0.429. The highest BCUT2D eigenvalue weighted by molar-refractivity contribution is 9.10. The van der Waals surface area contributed by atoms with Gasteiger partial charge in [0, 0.05) is 23.0 Å². The van der Waals surface area contributed by atoms with Crippen molar-refractivity contribution >= 4 is 15.9 Å². The average Bonchev–Trinajstić information content (AvgIpc) is 2.76. The summed E-state index contributed by atoms with van der Waals surface area (Å²) in [6.45, 7) is 2.33. The van der Waals surface area contributed by atoms with Crippen LogP contribution in [0.15, 0.2) is 28.7 Å². The van der Waals surface area contributed by atoms with Crippen LogP contribution in [0.3, 0.4) is 0 Å². The largest absolute Gasteiger partial charge is 0.315 e. The van der Waals surface area contributed by atoms with Gasteiger partial charge in [0.25, 0.3) is 0 Å². The first-order valence-electron chi connectivity index (χ1n) is 6.75. The molecule has 1 saturated carbocycles. The highest BCUT2D eigenvalue weighted by Gasteiger charge is 2.40. The van der Waals surface area contributed by atoms with Gasteiger partial charge in [-0.3, -0.25) is 0 Å². The third-order valence-electron chi connectivity index (χ3n) is 4.52. The van der Waals surface area contributed by atoms with Crippen molar-refractivity contribution in [3.05, 3.63) is 34.3 Å². The van der Waals surface area contributed by atoms with E-state index >= 15 is 0 Å². The van der Waals surface area contributed by atoms with Crippen molar-refractivity contribution in [1.29, 1.82) is 0 Å². The minimum atomic E-state index is 0.429. The topological polar surface area (TPSA) is 12.0 Å². The van der Waals surface area contributed by atoms with E-state index in [1.54, 1.807) is 0 Å². The molecule has 2 fully saturated rings. The second-order valence-corrected chi connectivity index (χ2v) is 6.66. The van der Waals surface area contributed by atoms with Crippen LogP contribution in [-0.4, -0.2) is 13.1 Å². The fraction of sp³-hybridized carbons (Fsp3) is 0.600. The first-order chi connectivity index (χ1) is 8.28. The second-order valence-electron chi connectivity index (χ2n) is 5.75. The highest BCUT2D eigenvalue weighted by Crippen LogP contribution is 2.41. The number of hydrogen-bond donors (Lipinski definition) is 1. The summed E-state index contributed by atoms with van der Waals surface area (Å²) in [6, 6.07) is 8.92. The first kappa shape index (κ1) is 11.7. The van der Waals surface area contributed by atoms with Gasteiger partial charge in [-0.2, -0.15) is 0 Å². The lowest BCUT2D eigenvalue weighted by molar-refractivity contribution is 0.218. The van der Waals surface area contributed by atoms with E-state index in [-0.39, 0.29) is 0 Å². The Morgan fingerprint density at radius 2 is 2.00 bits per heavy atom. The quantitative estimate of drug-likeness (QED) is 0.892. The molecule has 17 heavy (non-hydrogen) atoms. The van der Waals surface area contributed by atoms with E-state index in [2.05, 4.69) is 45.5 Å². The third kappa shape index (κ3) is 2.30. The Bertz CT molecular complexity index is 392. The van der Waals surface area contributed by atoms with Gasteiger partial charge in [0.15, 0.2) is 0 Å². The Hall–Kier alpha value is -0.340. The molecule has 0 unspecified atom stereocenters. The lowest BCUT2D eigenvalue weighted by Gasteiger charge is -2.45. The molecule has 92 valence electrons. The van der Waals surface area contributed by atoms with Gasteiger partial charge in [-0.25, -0.2) is 0 Å². The normalized spacial score (nSPS) is 23.6. The van der Waals surface area contributed by atoms with Crippen molar-refractivity contribution in [2.24, 2.45) is 5.92 Å². The van der Waals surface area contributed by atoms with Crippen LogP contribution >= 0.6 is 15.9 Å². The van der Waals surface area contributed by atoms with E-state index in [0.717, 1.165) is 5.92 Å². The van der Waals surface area contributed by atoms with Gasteiger partial charge in [0.2, 0.25) is 0 Å². The predicted octanol–water partition coefficient (Wildman–Crippen LogP) is 3.87. The van der Waals surface area contributed by atoms with Crippen LogP contribution in [0.25, 0.3) is 0 Å². The third-order valence-corrected chi connectivity index (χ3v) is 5.01. The molecule has 1 saturated heterocycles. The molecule has 0 bridgehead atoms. The van der Waals surface area contributed by atoms with E-state index in [9.17, 15) is 0 Å². The highest BCUT2D eigenvalue weighted by atomic mass is 79.9. The molecule has 1 aliphatic carbocycles. The Morgan fingerprint density at radius 1 is 1.24 bits per heavy atom. The molecular weight excluding hydrogens is 274 g/mol. The fourth-order valence-electron chi connectivity index (χ4n) is 3.48. The molecular formula is C15H20BrN. The number of halogens is 1. The molecule has 0 spiro atoms. The maximum absolute atomic E-state index is 3.60. The molecule has 1 heterocycles. The summed E-state index contributed by atoms with van der Waals surface area (Å²) < 4.78 is 1.22. The van der Waals surface area contributed by atoms with Crippen LogP contribution in [0.4, 0.5) is 0 Å². The Labute approximate surface area is 112 Å². The van der Waals surface area contributed by atoms with Crippen molar-refractivity contribution < 1.29 is 0 Å². The van der Waals surface area contributed by atoms with Crippen molar-refractivity contribution in [2.45, 2.75) is 37.5 Å². The smallest absolute Gasteiger partial charge is 0.0205 e. The maximum Gasteiger partial charge on any atom is 0.0205 e. The summed E-state index contributed by atoms with van der Waals surface area (Å²) in [7, 11) is 0. The molecule has 0 aromatic heterocycles. The van der Waals surface area contributed by atoms with Crippen LogP contribution in [0.2, 0.25) is 0 Å². The molecule has 1 nitrogen and oxygen atoms in total. The van der Waals surface area contributed by atoms with Crippen LogP contribution in [0.1, 0.15) is 37.7 Å². The molecule has 0 amide bonds. The number of benzene rings is 1. The molecule has 1 aliphatic heterocycles. The van der Waals surface area contributed by atoms with Gasteiger partial charge >= 0.3 is 0 Å². The summed E-state index contributed by atoms with van der Waals surface area (Å²) in [6.07, 6.45) is 7.20. The van der Waals surface area contributed by atoms with Crippen molar-refractivity contribution in [3.63, 3.8) is 0 Å². The monoisotopic (exact) mass is 293 g/mol. The summed E-state index contributed by atoms with van der Waals surface area (Å²) in [4.78, 5) is 0. The van der Waals surface area contributed by atoms with Crippen LogP contribution < -0.4 is 5.32 Å². The Morgan fingerprint density at radius 3 is 2.59 bits per heavy atom. The van der Waals surface area contributed by atoms with Crippen LogP contribution in [0, 0.1) is 5.92 Å². The standard InChI is InChI=1S/C15H20BrN/c16-14-7-3-6-13(8-14)15(10-17-11-15)9-12-4-1-2-5-12/h3,6-8,12,17H,1-2,4-5,9-11H2.